The van der Waals surface area contributed by atoms with Crippen LogP contribution in [0.1, 0.15) is 26.3 Å². The maximum absolute atomic E-state index is 12.3. The van der Waals surface area contributed by atoms with Crippen molar-refractivity contribution in [1.82, 2.24) is 10.3 Å². The normalized spacial score (nSPS) is 10.2. The van der Waals surface area contributed by atoms with Crippen molar-refractivity contribution in [2.24, 2.45) is 0 Å². The molecular weight excluding hydrogens is 378 g/mol. The third-order valence-electron chi connectivity index (χ3n) is 3.97. The van der Waals surface area contributed by atoms with E-state index in [0.717, 1.165) is 5.56 Å². The van der Waals surface area contributed by atoms with Crippen LogP contribution in [-0.4, -0.2) is 24.0 Å². The van der Waals surface area contributed by atoms with E-state index < -0.39 is 5.97 Å². The van der Waals surface area contributed by atoms with Crippen molar-refractivity contribution in [3.05, 3.63) is 88.6 Å². The second-order valence-electron chi connectivity index (χ2n) is 5.91. The zero-order valence-corrected chi connectivity index (χ0v) is 15.9. The standard InChI is InChI=1S/C21H18ClN3O3/c1-28-21(27)15-7-9-17(22)18(11-15)25-19-10-8-16(13-23-19)20(26)24-12-14-5-3-2-4-6-14/h2-11,13H,12H2,1H3,(H,23,25)(H,24,26). The van der Waals surface area contributed by atoms with E-state index in [4.69, 9.17) is 16.3 Å². The molecule has 0 unspecified atom stereocenters. The monoisotopic (exact) mass is 395 g/mol. The maximum atomic E-state index is 12.3. The summed E-state index contributed by atoms with van der Waals surface area (Å²) in [6.45, 7) is 0.440. The van der Waals surface area contributed by atoms with Crippen LogP contribution in [0.5, 0.6) is 0 Å². The smallest absolute Gasteiger partial charge is 0.337 e. The van der Waals surface area contributed by atoms with Crippen LogP contribution >= 0.6 is 11.6 Å². The van der Waals surface area contributed by atoms with E-state index in [2.05, 4.69) is 15.6 Å². The highest BCUT2D eigenvalue weighted by Gasteiger charge is 2.10. The average molecular weight is 396 g/mol. The number of nitrogens with zero attached hydrogens (tertiary/aromatic N) is 1. The van der Waals surface area contributed by atoms with Crippen molar-refractivity contribution in [2.45, 2.75) is 6.54 Å². The summed E-state index contributed by atoms with van der Waals surface area (Å²) in [5, 5.41) is 6.31. The van der Waals surface area contributed by atoms with Gasteiger partial charge >= 0.3 is 5.97 Å². The van der Waals surface area contributed by atoms with Gasteiger partial charge in [-0.05, 0) is 35.9 Å². The Bertz CT molecular complexity index is 976. The van der Waals surface area contributed by atoms with Gasteiger partial charge in [0.25, 0.3) is 5.91 Å². The van der Waals surface area contributed by atoms with Crippen molar-refractivity contribution in [2.75, 3.05) is 12.4 Å². The number of methoxy groups -OCH3 is 1. The minimum absolute atomic E-state index is 0.214. The largest absolute Gasteiger partial charge is 0.465 e. The van der Waals surface area contributed by atoms with Crippen molar-refractivity contribution in [1.29, 1.82) is 0 Å². The lowest BCUT2D eigenvalue weighted by Crippen LogP contribution is -2.22. The van der Waals surface area contributed by atoms with Crippen LogP contribution < -0.4 is 10.6 Å². The summed E-state index contributed by atoms with van der Waals surface area (Å²) in [7, 11) is 1.31. The van der Waals surface area contributed by atoms with Gasteiger partial charge in [-0.15, -0.1) is 0 Å². The highest BCUT2D eigenvalue weighted by molar-refractivity contribution is 6.33. The van der Waals surface area contributed by atoms with E-state index in [0.29, 0.717) is 34.2 Å². The molecule has 3 rings (SSSR count). The Balaban J connectivity index is 1.66. The Morgan fingerprint density at radius 2 is 1.79 bits per heavy atom. The lowest BCUT2D eigenvalue weighted by atomic mass is 10.2. The molecule has 0 spiro atoms. The number of esters is 1. The molecule has 0 fully saturated rings. The van der Waals surface area contributed by atoms with E-state index in [1.807, 2.05) is 30.3 Å². The number of nitrogens with one attached hydrogen (secondary N) is 2. The second-order valence-corrected chi connectivity index (χ2v) is 6.32. The van der Waals surface area contributed by atoms with Gasteiger partial charge in [-0.3, -0.25) is 4.79 Å². The molecule has 1 amide bonds. The molecular formula is C21H18ClN3O3. The Labute approximate surface area is 167 Å². The van der Waals surface area contributed by atoms with E-state index in [1.54, 1.807) is 30.3 Å². The van der Waals surface area contributed by atoms with E-state index in [1.165, 1.54) is 13.3 Å². The fraction of sp³-hybridized carbons (Fsp3) is 0.0952. The van der Waals surface area contributed by atoms with Crippen molar-refractivity contribution >= 4 is 35.0 Å². The number of hydrogen-bond donors (Lipinski definition) is 2. The topological polar surface area (TPSA) is 80.3 Å². The number of rotatable bonds is 6. The number of hydrogen-bond acceptors (Lipinski definition) is 5. The number of carbonyl (C=O) groups excluding carboxylic acids is 2. The number of pyridine rings is 1. The minimum Gasteiger partial charge on any atom is -0.465 e. The Morgan fingerprint density at radius 3 is 2.46 bits per heavy atom. The van der Waals surface area contributed by atoms with Gasteiger partial charge < -0.3 is 15.4 Å². The Hall–Kier alpha value is -3.38. The van der Waals surface area contributed by atoms with E-state index >= 15 is 0 Å². The lowest BCUT2D eigenvalue weighted by Gasteiger charge is -2.10. The highest BCUT2D eigenvalue weighted by atomic mass is 35.5. The first kappa shape index (κ1) is 19.4. The van der Waals surface area contributed by atoms with Crippen LogP contribution in [0.25, 0.3) is 0 Å². The molecule has 0 aliphatic heterocycles. The molecule has 7 heteroatoms. The summed E-state index contributed by atoms with van der Waals surface area (Å²) in [6, 6.07) is 17.7. The summed E-state index contributed by atoms with van der Waals surface area (Å²) < 4.78 is 4.71. The molecule has 0 bridgehead atoms. The number of anilines is 2. The van der Waals surface area contributed by atoms with Crippen LogP contribution in [0.15, 0.2) is 66.9 Å². The van der Waals surface area contributed by atoms with Gasteiger partial charge in [0, 0.05) is 12.7 Å². The molecule has 2 aromatic carbocycles. The van der Waals surface area contributed by atoms with Gasteiger partial charge in [0.15, 0.2) is 0 Å². The first-order chi connectivity index (χ1) is 13.6. The predicted octanol–water partition coefficient (Wildman–Crippen LogP) is 4.20. The zero-order chi connectivity index (χ0) is 19.9. The summed E-state index contributed by atoms with van der Waals surface area (Å²) in [4.78, 5) is 28.1. The summed E-state index contributed by atoms with van der Waals surface area (Å²) in [5.41, 5.74) is 2.34. The minimum atomic E-state index is -0.460. The van der Waals surface area contributed by atoms with Gasteiger partial charge in [-0.25, -0.2) is 9.78 Å². The fourth-order valence-corrected chi connectivity index (χ4v) is 2.65. The number of aromatic nitrogens is 1. The quantitative estimate of drug-likeness (QED) is 0.611. The Morgan fingerprint density at radius 1 is 1.04 bits per heavy atom. The SMILES string of the molecule is COC(=O)c1ccc(Cl)c(Nc2ccc(C(=O)NCc3ccccc3)cn2)c1. The summed E-state index contributed by atoms with van der Waals surface area (Å²) >= 11 is 6.17. The third-order valence-corrected chi connectivity index (χ3v) is 4.30. The first-order valence-electron chi connectivity index (χ1n) is 8.50. The number of carbonyl (C=O) groups is 2. The molecule has 0 aliphatic rings. The molecule has 0 radical (unpaired) electrons. The maximum Gasteiger partial charge on any atom is 0.337 e. The Kier molecular flexibility index (Phi) is 6.24. The number of amides is 1. The molecule has 0 saturated heterocycles. The molecule has 0 saturated carbocycles. The fourth-order valence-electron chi connectivity index (χ4n) is 2.49. The lowest BCUT2D eigenvalue weighted by molar-refractivity contribution is 0.0600. The third kappa shape index (κ3) is 4.86. The van der Waals surface area contributed by atoms with Crippen molar-refractivity contribution in [3.8, 4) is 0 Å². The van der Waals surface area contributed by atoms with Crippen LogP contribution in [0, 0.1) is 0 Å². The molecule has 0 atom stereocenters. The van der Waals surface area contributed by atoms with Crippen LogP contribution in [0.3, 0.4) is 0 Å². The molecule has 6 nitrogen and oxygen atoms in total. The molecule has 28 heavy (non-hydrogen) atoms. The van der Waals surface area contributed by atoms with E-state index in [9.17, 15) is 9.59 Å². The number of benzene rings is 2. The number of ether oxygens (including phenoxy) is 1. The van der Waals surface area contributed by atoms with Gasteiger partial charge in [0.1, 0.15) is 5.82 Å². The summed E-state index contributed by atoms with van der Waals surface area (Å²) in [5.74, 6) is -0.185. The van der Waals surface area contributed by atoms with Gasteiger partial charge in [-0.1, -0.05) is 41.9 Å². The first-order valence-corrected chi connectivity index (χ1v) is 8.87. The van der Waals surface area contributed by atoms with Crippen LogP contribution in [0.2, 0.25) is 5.02 Å². The molecule has 3 aromatic rings. The average Bonchev–Trinajstić information content (AvgIpc) is 2.74. The summed E-state index contributed by atoms with van der Waals surface area (Å²) in [6.07, 6.45) is 1.47. The van der Waals surface area contributed by atoms with Gasteiger partial charge in [-0.2, -0.15) is 0 Å². The molecule has 1 heterocycles. The number of halogens is 1. The molecule has 0 aliphatic carbocycles. The van der Waals surface area contributed by atoms with Crippen LogP contribution in [0.4, 0.5) is 11.5 Å². The van der Waals surface area contributed by atoms with Gasteiger partial charge in [0.2, 0.25) is 0 Å². The van der Waals surface area contributed by atoms with Gasteiger partial charge in [0.05, 0.1) is 28.9 Å². The molecule has 2 N–H and O–H groups in total. The second kappa shape index (κ2) is 9.01. The molecule has 142 valence electrons. The van der Waals surface area contributed by atoms with Crippen molar-refractivity contribution in [3.63, 3.8) is 0 Å². The predicted molar refractivity (Wildman–Crippen MR) is 108 cm³/mol. The van der Waals surface area contributed by atoms with E-state index in [-0.39, 0.29) is 5.91 Å². The zero-order valence-electron chi connectivity index (χ0n) is 15.1. The van der Waals surface area contributed by atoms with Crippen LogP contribution in [-0.2, 0) is 11.3 Å². The highest BCUT2D eigenvalue weighted by Crippen LogP contribution is 2.26. The molecule has 1 aromatic heterocycles. The van der Waals surface area contributed by atoms with Crippen molar-refractivity contribution < 1.29 is 14.3 Å².